The number of carbonyl (C=O) groups is 4. The standard InChI is InChI=1S/C12H24N6O4.C7H8.C5H10N2S.C4H11N3/c13-4-2-1-3-8(12(22)17-6-9(15)19)18-11(21)7-16-10(20)5-14;1-7-5-3-2-4-6-7;1-5(6-2)3-7-4-8;1-2-3-7-4(5)6/h8H,1-7,13-14H2,(H2,15,19)(H,16,20)(H,17,22)(H,18,21);2-6H,1H3;3-4,6H,1-2H3,(H,7,8);2-3H2,1H3,(H4,5,6,7)/b;;5-3-;. The van der Waals surface area contributed by atoms with Crippen LogP contribution in [0.1, 0.15) is 45.1 Å². The van der Waals surface area contributed by atoms with E-state index in [0.717, 1.165) is 18.7 Å². The van der Waals surface area contributed by atoms with Crippen molar-refractivity contribution in [3.8, 4) is 0 Å². The van der Waals surface area contributed by atoms with Crippen molar-refractivity contribution in [3.05, 3.63) is 47.8 Å². The number of guanidine groups is 1. The number of benzene rings is 1. The van der Waals surface area contributed by atoms with Gasteiger partial charge in [-0.15, -0.1) is 0 Å². The van der Waals surface area contributed by atoms with Gasteiger partial charge >= 0.3 is 0 Å². The first-order valence-corrected chi connectivity index (χ1v) is 14.5. The molecule has 0 aliphatic rings. The number of carbonyl (C=O) groups excluding carboxylic acids is 4. The Morgan fingerprint density at radius 1 is 0.977 bits per heavy atom. The molecular weight excluding hydrogens is 586 g/mol. The summed E-state index contributed by atoms with van der Waals surface area (Å²) in [6, 6.07) is 9.44. The van der Waals surface area contributed by atoms with Crippen molar-refractivity contribution in [2.45, 2.75) is 52.5 Å². The van der Waals surface area contributed by atoms with Crippen LogP contribution in [-0.2, 0) is 19.2 Å². The molecule has 1 unspecified atom stereocenters. The van der Waals surface area contributed by atoms with Gasteiger partial charge in [0.2, 0.25) is 23.6 Å². The molecule has 0 radical (unpaired) electrons. The molecule has 250 valence electrons. The number of amides is 4. The minimum atomic E-state index is -0.826. The third kappa shape index (κ3) is 33.9. The van der Waals surface area contributed by atoms with Crippen molar-refractivity contribution in [1.82, 2.24) is 26.6 Å². The molecule has 0 heterocycles. The minimum Gasteiger partial charge on any atom is -0.390 e. The Kier molecular flexibility index (Phi) is 31.8. The third-order valence-electron chi connectivity index (χ3n) is 4.89. The highest BCUT2D eigenvalue weighted by molar-refractivity contribution is 7.78. The number of unbranched alkanes of at least 4 members (excludes halogenated alkanes) is 1. The number of nitrogens with two attached hydrogens (primary N) is 5. The fourth-order valence-electron chi connectivity index (χ4n) is 2.56. The number of aliphatic imine (C=N–C) groups is 1. The lowest BCUT2D eigenvalue weighted by molar-refractivity contribution is -0.130. The Morgan fingerprint density at radius 3 is 2.02 bits per heavy atom. The van der Waals surface area contributed by atoms with E-state index in [1.165, 1.54) is 11.1 Å². The second kappa shape index (κ2) is 31.7. The maximum atomic E-state index is 11.9. The van der Waals surface area contributed by atoms with Crippen LogP contribution in [0.2, 0.25) is 0 Å². The third-order valence-corrected chi connectivity index (χ3v) is 5.02. The molecule has 15 N–H and O–H groups in total. The van der Waals surface area contributed by atoms with Crippen LogP contribution in [0, 0.1) is 6.92 Å². The summed E-state index contributed by atoms with van der Waals surface area (Å²) in [5, 5.41) is 12.8. The van der Waals surface area contributed by atoms with Crippen LogP contribution < -0.4 is 55.3 Å². The molecule has 0 aliphatic heterocycles. The van der Waals surface area contributed by atoms with E-state index in [4.69, 9.17) is 28.7 Å². The maximum absolute atomic E-state index is 11.9. The lowest BCUT2D eigenvalue weighted by Gasteiger charge is -2.18. The van der Waals surface area contributed by atoms with Crippen molar-refractivity contribution in [1.29, 1.82) is 0 Å². The summed E-state index contributed by atoms with van der Waals surface area (Å²) in [5.41, 5.74) is 29.3. The zero-order valence-electron chi connectivity index (χ0n) is 26.4. The average Bonchev–Trinajstić information content (AvgIpc) is 3.01. The van der Waals surface area contributed by atoms with Crippen LogP contribution in [0.5, 0.6) is 0 Å². The Hall–Kier alpha value is -4.28. The molecule has 0 spiro atoms. The van der Waals surface area contributed by atoms with E-state index in [0.29, 0.717) is 25.8 Å². The Balaban J connectivity index is -0.000000615. The van der Waals surface area contributed by atoms with E-state index < -0.39 is 29.7 Å². The molecule has 1 aromatic carbocycles. The number of rotatable bonds is 16. The molecule has 1 aromatic rings. The number of nitrogens with one attached hydrogen (secondary N) is 5. The second-order valence-electron chi connectivity index (χ2n) is 8.89. The highest BCUT2D eigenvalue weighted by Crippen LogP contribution is 2.01. The molecule has 0 aromatic heterocycles. The first kappa shape index (κ1) is 44.2. The zero-order valence-corrected chi connectivity index (χ0v) is 27.2. The minimum absolute atomic E-state index is 0.182. The predicted octanol–water partition coefficient (Wildman–Crippen LogP) is -1.44. The molecule has 44 heavy (non-hydrogen) atoms. The van der Waals surface area contributed by atoms with Gasteiger partial charge in [0.05, 0.1) is 25.1 Å². The molecule has 0 bridgehead atoms. The molecule has 1 atom stereocenters. The van der Waals surface area contributed by atoms with Crippen molar-refractivity contribution < 1.29 is 19.2 Å². The van der Waals surface area contributed by atoms with E-state index in [9.17, 15) is 19.2 Å². The molecular formula is C28H53N11O4S. The first-order valence-electron chi connectivity index (χ1n) is 14.0. The summed E-state index contributed by atoms with van der Waals surface area (Å²) >= 11 is 4.51. The van der Waals surface area contributed by atoms with E-state index in [-0.39, 0.29) is 25.6 Å². The Morgan fingerprint density at radius 2 is 1.61 bits per heavy atom. The molecule has 16 heteroatoms. The van der Waals surface area contributed by atoms with Gasteiger partial charge in [-0.25, -0.2) is 0 Å². The normalized spacial score (nSPS) is 10.3. The topological polar surface area (TPSA) is 271 Å². The van der Waals surface area contributed by atoms with Crippen molar-refractivity contribution >= 4 is 47.3 Å². The van der Waals surface area contributed by atoms with E-state index >= 15 is 0 Å². The number of hydrogen-bond donors (Lipinski definition) is 10. The summed E-state index contributed by atoms with van der Waals surface area (Å²) in [6.45, 7) is 6.43. The Bertz CT molecular complexity index is 989. The van der Waals surface area contributed by atoms with Crippen LogP contribution in [0.25, 0.3) is 0 Å². The molecule has 0 saturated carbocycles. The van der Waals surface area contributed by atoms with Gasteiger partial charge in [-0.3, -0.25) is 24.2 Å². The second-order valence-corrected chi connectivity index (χ2v) is 9.13. The van der Waals surface area contributed by atoms with Crippen LogP contribution in [0.15, 0.2) is 47.2 Å². The van der Waals surface area contributed by atoms with Crippen molar-refractivity contribution in [2.24, 2.45) is 33.7 Å². The predicted molar refractivity (Wildman–Crippen MR) is 181 cm³/mol. The van der Waals surface area contributed by atoms with Crippen LogP contribution >= 0.6 is 12.2 Å². The van der Waals surface area contributed by atoms with Crippen LogP contribution in [-0.4, -0.2) is 80.9 Å². The smallest absolute Gasteiger partial charge is 0.243 e. The van der Waals surface area contributed by atoms with E-state index in [1.807, 2.05) is 39.1 Å². The van der Waals surface area contributed by atoms with Gasteiger partial charge in [0.1, 0.15) is 6.04 Å². The van der Waals surface area contributed by atoms with Crippen molar-refractivity contribution in [2.75, 3.05) is 39.8 Å². The lowest BCUT2D eigenvalue weighted by Crippen LogP contribution is -2.51. The largest absolute Gasteiger partial charge is 0.390 e. The molecule has 0 aliphatic carbocycles. The fourth-order valence-corrected chi connectivity index (χ4v) is 2.63. The summed E-state index contributed by atoms with van der Waals surface area (Å²) in [7, 11) is 1.86. The van der Waals surface area contributed by atoms with Gasteiger partial charge < -0.3 is 55.3 Å². The number of nitrogens with zero attached hydrogens (tertiary/aromatic N) is 1. The van der Waals surface area contributed by atoms with Crippen LogP contribution in [0.3, 0.4) is 0 Å². The van der Waals surface area contributed by atoms with E-state index in [2.05, 4.69) is 62.9 Å². The fraction of sp³-hybridized carbons (Fsp3) is 0.500. The Labute approximate surface area is 266 Å². The molecule has 4 amide bonds. The lowest BCUT2D eigenvalue weighted by atomic mass is 10.1. The monoisotopic (exact) mass is 639 g/mol. The highest BCUT2D eigenvalue weighted by Gasteiger charge is 2.20. The van der Waals surface area contributed by atoms with Gasteiger partial charge in [0, 0.05) is 25.5 Å². The number of primary amides is 1. The first-order chi connectivity index (χ1) is 20.9. The summed E-state index contributed by atoms with van der Waals surface area (Å²) in [5.74, 6) is -2.03. The highest BCUT2D eigenvalue weighted by atomic mass is 32.1. The number of thiocarbonyl (C=S) groups is 1. The number of allylic oxidation sites excluding steroid dienone is 1. The average molecular weight is 640 g/mol. The maximum Gasteiger partial charge on any atom is 0.243 e. The van der Waals surface area contributed by atoms with Gasteiger partial charge in [-0.1, -0.05) is 55.0 Å². The summed E-state index contributed by atoms with van der Waals surface area (Å²) in [6.07, 6.45) is 4.48. The number of hydrogen-bond acceptors (Lipinski definition) is 9. The molecule has 0 fully saturated rings. The molecule has 0 saturated heterocycles. The van der Waals surface area contributed by atoms with E-state index in [1.54, 1.807) is 6.20 Å². The number of aryl methyl sites for hydroxylation is 1. The van der Waals surface area contributed by atoms with Gasteiger partial charge in [0.15, 0.2) is 5.96 Å². The molecule has 15 nitrogen and oxygen atoms in total. The van der Waals surface area contributed by atoms with Gasteiger partial charge in [0.25, 0.3) is 0 Å². The van der Waals surface area contributed by atoms with Crippen LogP contribution in [0.4, 0.5) is 0 Å². The quantitative estimate of drug-likeness (QED) is 0.0433. The van der Waals surface area contributed by atoms with Gasteiger partial charge in [-0.2, -0.15) is 0 Å². The van der Waals surface area contributed by atoms with Gasteiger partial charge in [-0.05, 0) is 46.1 Å². The van der Waals surface area contributed by atoms with Crippen molar-refractivity contribution in [3.63, 3.8) is 0 Å². The SMILES string of the molecule is CCCN=C(N)N.CN/C(C)=C\NC=S.Cc1ccccc1.NCCCCC(NC(=O)CNC(=O)CN)C(=O)NCC(N)=O. The zero-order chi connectivity index (χ0) is 34.2. The summed E-state index contributed by atoms with van der Waals surface area (Å²) in [4.78, 5) is 48.9. The molecule has 1 rings (SSSR count). The summed E-state index contributed by atoms with van der Waals surface area (Å²) < 4.78 is 0.